The van der Waals surface area contributed by atoms with Crippen LogP contribution in [-0.4, -0.2) is 81.0 Å². The number of likely N-dealkylation sites (tertiary alicyclic amines) is 1. The Morgan fingerprint density at radius 2 is 2.11 bits per heavy atom. The summed E-state index contributed by atoms with van der Waals surface area (Å²) in [5.41, 5.74) is 1.74. The van der Waals surface area contributed by atoms with Gasteiger partial charge < -0.3 is 20.4 Å². The van der Waals surface area contributed by atoms with E-state index in [1.807, 2.05) is 6.92 Å². The van der Waals surface area contributed by atoms with Crippen LogP contribution in [-0.2, 0) is 4.74 Å². The molecule has 2 aliphatic rings. The molecule has 2 fully saturated rings. The lowest BCUT2D eigenvalue weighted by molar-refractivity contribution is -0.0891. The van der Waals surface area contributed by atoms with Crippen molar-refractivity contribution in [2.75, 3.05) is 32.9 Å². The third-order valence-corrected chi connectivity index (χ3v) is 6.51. The van der Waals surface area contributed by atoms with Gasteiger partial charge in [0.1, 0.15) is 47.0 Å². The van der Waals surface area contributed by atoms with Crippen LogP contribution < -0.4 is 10.6 Å². The summed E-state index contributed by atoms with van der Waals surface area (Å²) in [6, 6.07) is 2.90. The van der Waals surface area contributed by atoms with Gasteiger partial charge in [-0.1, -0.05) is 11.6 Å². The van der Waals surface area contributed by atoms with E-state index in [-0.39, 0.29) is 24.1 Å². The van der Waals surface area contributed by atoms with Gasteiger partial charge in [-0.15, -0.1) is 0 Å². The molecule has 0 amide bonds. The van der Waals surface area contributed by atoms with E-state index in [2.05, 4.69) is 20.1 Å². The first-order valence-corrected chi connectivity index (χ1v) is 11.6. The number of aliphatic imine (C=N–C) groups is 1. The number of aliphatic hydroxyl groups excluding tert-OH is 1. The van der Waals surface area contributed by atoms with Gasteiger partial charge in [0.05, 0.1) is 48.4 Å². The normalized spacial score (nSPS) is 18.8. The third-order valence-electron chi connectivity index (χ3n) is 6.23. The topological polar surface area (TPSA) is 123 Å². The first-order valence-electron chi connectivity index (χ1n) is 11.3. The van der Waals surface area contributed by atoms with Gasteiger partial charge in [-0.3, -0.25) is 14.9 Å². The molecular weight excluding hydrogens is 496 g/mol. The number of nitrogens with zero attached hydrogens (tertiary/aromatic N) is 6. The fourth-order valence-corrected chi connectivity index (χ4v) is 4.44. The van der Waals surface area contributed by atoms with Gasteiger partial charge in [-0.2, -0.15) is 10.2 Å². The molecule has 1 atom stereocenters. The minimum Gasteiger partial charge on any atom is -0.488 e. The molecule has 3 N–H and O–H groups in total. The first kappa shape index (κ1) is 24.5. The van der Waals surface area contributed by atoms with Crippen molar-refractivity contribution in [2.45, 2.75) is 25.1 Å². The average Bonchev–Trinajstić information content (AvgIpc) is 3.16. The second kappa shape index (κ2) is 10.1. The highest BCUT2D eigenvalue weighted by atomic mass is 35.5. The van der Waals surface area contributed by atoms with Crippen molar-refractivity contribution in [2.24, 2.45) is 15.9 Å². The number of hydrogen-bond donors (Lipinski definition) is 2. The van der Waals surface area contributed by atoms with Crippen molar-refractivity contribution in [1.29, 1.82) is 0 Å². The third kappa shape index (κ3) is 4.76. The summed E-state index contributed by atoms with van der Waals surface area (Å²) >= 11 is 6.30. The second-order valence-electron chi connectivity index (χ2n) is 8.72. The maximum atomic E-state index is 14.0. The molecule has 0 radical (unpaired) electrons. The molecule has 0 bridgehead atoms. The molecule has 36 heavy (non-hydrogen) atoms. The molecule has 5 rings (SSSR count). The number of hydrazone groups is 1. The number of hydrogen-bond acceptors (Lipinski definition) is 9. The molecule has 13 heteroatoms. The molecule has 0 aromatic carbocycles. The molecule has 10 nitrogen and oxygen atoms in total. The van der Waals surface area contributed by atoms with Crippen LogP contribution in [0.15, 0.2) is 40.8 Å². The van der Waals surface area contributed by atoms with E-state index >= 15 is 0 Å². The zero-order valence-electron chi connectivity index (χ0n) is 19.3. The van der Waals surface area contributed by atoms with Gasteiger partial charge in [0, 0.05) is 30.9 Å². The molecule has 0 unspecified atom stereocenters. The van der Waals surface area contributed by atoms with Crippen molar-refractivity contribution < 1.29 is 23.4 Å². The summed E-state index contributed by atoms with van der Waals surface area (Å²) in [4.78, 5) is 10.7. The Kier molecular flexibility index (Phi) is 6.84. The van der Waals surface area contributed by atoms with Crippen LogP contribution in [0.3, 0.4) is 0 Å². The number of nitrogens with two attached hydrogens (primary N) is 1. The number of fused-ring (bicyclic) bond motifs is 1. The van der Waals surface area contributed by atoms with Crippen LogP contribution >= 0.6 is 11.6 Å². The Balaban J connectivity index is 1.37. The SMILES string of the molecule is CC(=NC1CN(C2COC2)C1)C(=NN)c1cc(OC[C@H](O)c2ncc(F)cc2F)c2c(Cl)cnn2c1. The zero-order chi connectivity index (χ0) is 25.4. The fourth-order valence-electron chi connectivity index (χ4n) is 4.22. The average molecular weight is 520 g/mol. The number of halogens is 3. The van der Waals surface area contributed by atoms with Crippen LogP contribution in [0.25, 0.3) is 5.52 Å². The van der Waals surface area contributed by atoms with Crippen molar-refractivity contribution >= 4 is 28.5 Å². The van der Waals surface area contributed by atoms with Gasteiger partial charge in [-0.05, 0) is 13.0 Å². The van der Waals surface area contributed by atoms with E-state index in [4.69, 9.17) is 31.9 Å². The van der Waals surface area contributed by atoms with E-state index in [9.17, 15) is 13.9 Å². The van der Waals surface area contributed by atoms with Crippen molar-refractivity contribution in [3.63, 3.8) is 0 Å². The summed E-state index contributed by atoms with van der Waals surface area (Å²) in [6.45, 7) is 4.67. The maximum Gasteiger partial charge on any atom is 0.150 e. The number of aromatic nitrogens is 3. The summed E-state index contributed by atoms with van der Waals surface area (Å²) in [5, 5.41) is 18.9. The van der Waals surface area contributed by atoms with Crippen LogP contribution in [0.5, 0.6) is 5.75 Å². The quantitative estimate of drug-likeness (QED) is 0.265. The summed E-state index contributed by atoms with van der Waals surface area (Å²) < 4.78 is 39.7. The molecule has 2 aliphatic heterocycles. The zero-order valence-corrected chi connectivity index (χ0v) is 20.1. The van der Waals surface area contributed by atoms with Crippen LogP contribution in [0, 0.1) is 11.6 Å². The largest absolute Gasteiger partial charge is 0.488 e. The van der Waals surface area contributed by atoms with Gasteiger partial charge in [0.25, 0.3) is 0 Å². The maximum absolute atomic E-state index is 14.0. The first-order chi connectivity index (χ1) is 17.3. The van der Waals surface area contributed by atoms with Crippen LogP contribution in [0.2, 0.25) is 5.02 Å². The molecule has 0 saturated carbocycles. The Morgan fingerprint density at radius 1 is 1.33 bits per heavy atom. The summed E-state index contributed by atoms with van der Waals surface area (Å²) in [7, 11) is 0. The van der Waals surface area contributed by atoms with E-state index in [0.717, 1.165) is 32.5 Å². The Hall–Kier alpha value is -3.19. The predicted octanol–water partition coefficient (Wildman–Crippen LogP) is 1.98. The molecule has 0 aliphatic carbocycles. The number of rotatable bonds is 8. The fraction of sp³-hybridized carbons (Fsp3) is 0.391. The minimum absolute atomic E-state index is 0.134. The van der Waals surface area contributed by atoms with E-state index in [1.165, 1.54) is 10.7 Å². The minimum atomic E-state index is -1.45. The Labute approximate surface area is 210 Å². The summed E-state index contributed by atoms with van der Waals surface area (Å²) in [6.07, 6.45) is 2.50. The molecule has 2 saturated heterocycles. The molecule has 0 spiro atoms. The second-order valence-corrected chi connectivity index (χ2v) is 9.12. The number of ether oxygens (including phenoxy) is 2. The van der Waals surface area contributed by atoms with Gasteiger partial charge in [0.15, 0.2) is 0 Å². The van der Waals surface area contributed by atoms with E-state index in [1.54, 1.807) is 12.3 Å². The van der Waals surface area contributed by atoms with E-state index in [0.29, 0.717) is 39.6 Å². The monoisotopic (exact) mass is 519 g/mol. The highest BCUT2D eigenvalue weighted by Gasteiger charge is 2.36. The summed E-state index contributed by atoms with van der Waals surface area (Å²) in [5.74, 6) is 4.17. The van der Waals surface area contributed by atoms with E-state index < -0.39 is 17.7 Å². The Morgan fingerprint density at radius 3 is 2.78 bits per heavy atom. The number of aliphatic hydroxyl groups is 1. The smallest absolute Gasteiger partial charge is 0.150 e. The molecular formula is C23H24ClF2N7O3. The van der Waals surface area contributed by atoms with Crippen molar-refractivity contribution in [3.8, 4) is 5.75 Å². The lowest BCUT2D eigenvalue weighted by atomic mass is 10.0. The van der Waals surface area contributed by atoms with Gasteiger partial charge in [0.2, 0.25) is 0 Å². The predicted molar refractivity (Wildman–Crippen MR) is 129 cm³/mol. The molecule has 5 heterocycles. The van der Waals surface area contributed by atoms with Gasteiger partial charge in [-0.25, -0.2) is 13.3 Å². The van der Waals surface area contributed by atoms with Crippen molar-refractivity contribution in [3.05, 3.63) is 58.6 Å². The van der Waals surface area contributed by atoms with Crippen LogP contribution in [0.4, 0.5) is 8.78 Å². The highest BCUT2D eigenvalue weighted by Crippen LogP contribution is 2.30. The lowest BCUT2D eigenvalue weighted by Crippen LogP contribution is -2.61. The number of pyridine rings is 2. The molecule has 3 aromatic heterocycles. The lowest BCUT2D eigenvalue weighted by Gasteiger charge is -2.46. The molecule has 3 aromatic rings. The van der Waals surface area contributed by atoms with Crippen LogP contribution in [0.1, 0.15) is 24.3 Å². The highest BCUT2D eigenvalue weighted by molar-refractivity contribution is 6.47. The standard InChI is InChI=1S/C23H24ClF2N7O3/c1-12(30-15-7-32(8-15)16-9-35-10-16)21(31-27)13-2-20(23-17(24)5-29-33(23)6-13)36-11-19(34)22-18(26)3-14(25)4-28-22/h2-6,15-16,19,34H,7-11,27H2,1H3/t19-/m0/s1. The van der Waals surface area contributed by atoms with Crippen molar-refractivity contribution in [1.82, 2.24) is 19.5 Å². The molecule has 190 valence electrons. The van der Waals surface area contributed by atoms with Gasteiger partial charge >= 0.3 is 0 Å². The Bertz CT molecular complexity index is 1340.